The third kappa shape index (κ3) is 4.30. The number of rotatable bonds is 6. The molecule has 0 aromatic heterocycles. The van der Waals surface area contributed by atoms with Gasteiger partial charge in [0.2, 0.25) is 5.91 Å². The van der Waals surface area contributed by atoms with Crippen molar-refractivity contribution in [2.75, 3.05) is 0 Å². The van der Waals surface area contributed by atoms with Crippen LogP contribution in [0, 0.1) is 0 Å². The second-order valence-electron chi connectivity index (χ2n) is 8.95. The van der Waals surface area contributed by atoms with E-state index in [2.05, 4.69) is 11.9 Å². The van der Waals surface area contributed by atoms with E-state index in [-0.39, 0.29) is 17.9 Å². The van der Waals surface area contributed by atoms with Gasteiger partial charge in [-0.1, -0.05) is 36.4 Å². The van der Waals surface area contributed by atoms with Crippen molar-refractivity contribution in [3.8, 4) is 0 Å². The van der Waals surface area contributed by atoms with Crippen molar-refractivity contribution in [2.24, 2.45) is 0 Å². The molecule has 2 saturated heterocycles. The first kappa shape index (κ1) is 20.6. The van der Waals surface area contributed by atoms with E-state index in [1.807, 2.05) is 51.1 Å². The lowest BCUT2D eigenvalue weighted by atomic mass is 9.82. The average molecular weight is 385 g/mol. The molecule has 0 spiro atoms. The Kier molecular flexibility index (Phi) is 5.94. The summed E-state index contributed by atoms with van der Waals surface area (Å²) in [5.74, 6) is -0.284. The van der Waals surface area contributed by atoms with Crippen LogP contribution in [0.25, 0.3) is 0 Å². The molecule has 2 heterocycles. The molecule has 0 bridgehead atoms. The lowest BCUT2D eigenvalue weighted by molar-refractivity contribution is -0.167. The number of benzene rings is 1. The first-order chi connectivity index (χ1) is 13.3. The van der Waals surface area contributed by atoms with E-state index >= 15 is 0 Å². The van der Waals surface area contributed by atoms with Gasteiger partial charge in [0, 0.05) is 12.6 Å². The van der Waals surface area contributed by atoms with Crippen LogP contribution in [0.15, 0.2) is 43.0 Å². The van der Waals surface area contributed by atoms with E-state index in [1.54, 1.807) is 11.0 Å². The quantitative estimate of drug-likeness (QED) is 0.602. The van der Waals surface area contributed by atoms with Gasteiger partial charge in [-0.05, 0) is 58.4 Å². The first-order valence-corrected chi connectivity index (χ1v) is 10.2. The van der Waals surface area contributed by atoms with Crippen LogP contribution in [0.5, 0.6) is 0 Å². The molecule has 0 aliphatic carbocycles. The molecule has 28 heavy (non-hydrogen) atoms. The minimum absolute atomic E-state index is 0.00735. The summed E-state index contributed by atoms with van der Waals surface area (Å²) in [5, 5.41) is 3.51. The molecule has 0 radical (unpaired) electrons. The number of carbonyl (C=O) groups excluding carboxylic acids is 2. The maximum atomic E-state index is 13.6. The molecule has 2 aliphatic rings. The zero-order chi connectivity index (χ0) is 20.4. The molecule has 3 rings (SSSR count). The molecular formula is C23H32N2O3. The van der Waals surface area contributed by atoms with Gasteiger partial charge in [0.15, 0.2) is 0 Å². The summed E-state index contributed by atoms with van der Waals surface area (Å²) < 4.78 is 5.60. The summed E-state index contributed by atoms with van der Waals surface area (Å²) in [6.07, 6.45) is 5.53. The number of ether oxygens (including phenoxy) is 1. The Bertz CT molecular complexity index is 725. The highest BCUT2D eigenvalue weighted by Crippen LogP contribution is 2.39. The number of carbonyl (C=O) groups is 2. The minimum Gasteiger partial charge on any atom is -0.458 e. The van der Waals surface area contributed by atoms with Gasteiger partial charge >= 0.3 is 5.97 Å². The maximum absolute atomic E-state index is 13.6. The van der Waals surface area contributed by atoms with E-state index in [1.165, 1.54) is 0 Å². The number of piperidine rings is 1. The molecule has 2 fully saturated rings. The summed E-state index contributed by atoms with van der Waals surface area (Å²) in [7, 11) is 0. The molecule has 2 aliphatic heterocycles. The topological polar surface area (TPSA) is 58.6 Å². The van der Waals surface area contributed by atoms with E-state index in [4.69, 9.17) is 4.74 Å². The summed E-state index contributed by atoms with van der Waals surface area (Å²) in [6, 6.07) is 9.70. The molecule has 5 heteroatoms. The molecule has 1 aromatic rings. The van der Waals surface area contributed by atoms with Gasteiger partial charge in [-0.2, -0.15) is 0 Å². The number of hydrogen-bond donors (Lipinski definition) is 1. The number of nitrogens with one attached hydrogen (secondary N) is 1. The first-order valence-electron chi connectivity index (χ1n) is 10.2. The minimum atomic E-state index is -0.710. The SMILES string of the molecule is C=CC[C@@]1(NCc2ccccc2)CC[C@H]2CC[C@@H](C(=O)OC(C)(C)C)N2C1=O. The fraction of sp³-hybridized carbons (Fsp3) is 0.565. The van der Waals surface area contributed by atoms with E-state index in [9.17, 15) is 9.59 Å². The Morgan fingerprint density at radius 2 is 2.00 bits per heavy atom. The fourth-order valence-corrected chi connectivity index (χ4v) is 4.38. The van der Waals surface area contributed by atoms with E-state index in [0.717, 1.165) is 24.8 Å². The van der Waals surface area contributed by atoms with Crippen molar-refractivity contribution < 1.29 is 14.3 Å². The van der Waals surface area contributed by atoms with Crippen molar-refractivity contribution in [2.45, 2.75) is 82.6 Å². The van der Waals surface area contributed by atoms with Crippen LogP contribution in [0.4, 0.5) is 0 Å². The normalized spacial score (nSPS) is 27.4. The predicted molar refractivity (Wildman–Crippen MR) is 110 cm³/mol. The van der Waals surface area contributed by atoms with Crippen molar-refractivity contribution in [3.63, 3.8) is 0 Å². The van der Waals surface area contributed by atoms with Crippen LogP contribution in [-0.2, 0) is 20.9 Å². The van der Waals surface area contributed by atoms with Crippen molar-refractivity contribution >= 4 is 11.9 Å². The molecule has 1 amide bonds. The molecule has 3 atom stereocenters. The highest BCUT2D eigenvalue weighted by molar-refractivity contribution is 5.92. The molecule has 5 nitrogen and oxygen atoms in total. The van der Waals surface area contributed by atoms with Crippen LogP contribution >= 0.6 is 0 Å². The predicted octanol–water partition coefficient (Wildman–Crippen LogP) is 3.59. The highest BCUT2D eigenvalue weighted by atomic mass is 16.6. The number of nitrogens with zero attached hydrogens (tertiary/aromatic N) is 1. The Hall–Kier alpha value is -2.14. The van der Waals surface area contributed by atoms with Crippen LogP contribution in [-0.4, -0.2) is 40.0 Å². The average Bonchev–Trinajstić information content (AvgIpc) is 3.07. The van der Waals surface area contributed by atoms with Crippen molar-refractivity contribution in [1.82, 2.24) is 10.2 Å². The second-order valence-corrected chi connectivity index (χ2v) is 8.95. The lowest BCUT2D eigenvalue weighted by Crippen LogP contribution is -2.64. The Morgan fingerprint density at radius 3 is 2.64 bits per heavy atom. The second kappa shape index (κ2) is 8.08. The van der Waals surface area contributed by atoms with Gasteiger partial charge in [-0.25, -0.2) is 4.79 Å². The van der Waals surface area contributed by atoms with Gasteiger partial charge in [0.05, 0.1) is 0 Å². The molecular weight excluding hydrogens is 352 g/mol. The summed E-state index contributed by atoms with van der Waals surface area (Å²) in [4.78, 5) is 28.2. The molecule has 0 unspecified atom stereocenters. The number of esters is 1. The van der Waals surface area contributed by atoms with E-state index < -0.39 is 17.2 Å². The Labute approximate surface area is 168 Å². The van der Waals surface area contributed by atoms with Gasteiger partial charge in [-0.15, -0.1) is 6.58 Å². The smallest absolute Gasteiger partial charge is 0.329 e. The van der Waals surface area contributed by atoms with E-state index in [0.29, 0.717) is 19.4 Å². The molecule has 0 saturated carbocycles. The Morgan fingerprint density at radius 1 is 1.29 bits per heavy atom. The van der Waals surface area contributed by atoms with Gasteiger partial charge in [0.25, 0.3) is 0 Å². The number of amides is 1. The number of hydrogen-bond acceptors (Lipinski definition) is 4. The molecule has 1 N–H and O–H groups in total. The maximum Gasteiger partial charge on any atom is 0.329 e. The molecule has 1 aromatic carbocycles. The Balaban J connectivity index is 1.80. The third-order valence-corrected chi connectivity index (χ3v) is 5.70. The monoisotopic (exact) mass is 384 g/mol. The van der Waals surface area contributed by atoms with Gasteiger partial charge in [0.1, 0.15) is 17.2 Å². The van der Waals surface area contributed by atoms with Crippen LogP contribution < -0.4 is 5.32 Å². The van der Waals surface area contributed by atoms with Crippen molar-refractivity contribution in [1.29, 1.82) is 0 Å². The number of fused-ring (bicyclic) bond motifs is 1. The molecule has 152 valence electrons. The van der Waals surface area contributed by atoms with Crippen LogP contribution in [0.2, 0.25) is 0 Å². The summed E-state index contributed by atoms with van der Waals surface area (Å²) >= 11 is 0. The lowest BCUT2D eigenvalue weighted by Gasteiger charge is -2.45. The summed E-state index contributed by atoms with van der Waals surface area (Å²) in [6.45, 7) is 10.1. The zero-order valence-corrected chi connectivity index (χ0v) is 17.2. The fourth-order valence-electron chi connectivity index (χ4n) is 4.38. The third-order valence-electron chi connectivity index (χ3n) is 5.70. The van der Waals surface area contributed by atoms with Crippen molar-refractivity contribution in [3.05, 3.63) is 48.6 Å². The largest absolute Gasteiger partial charge is 0.458 e. The van der Waals surface area contributed by atoms with Crippen LogP contribution in [0.1, 0.15) is 58.4 Å². The standard InChI is InChI=1S/C23H32N2O3/c1-5-14-23(24-16-17-9-7-6-8-10-17)15-13-18-11-12-19(25(18)21(23)27)20(26)28-22(2,3)4/h5-10,18-19,24H,1,11-16H2,2-4H3/t18-,19+,23-/m1/s1. The highest BCUT2D eigenvalue weighted by Gasteiger charge is 2.53. The van der Waals surface area contributed by atoms with Crippen LogP contribution in [0.3, 0.4) is 0 Å². The van der Waals surface area contributed by atoms with Gasteiger partial charge in [-0.3, -0.25) is 10.1 Å². The van der Waals surface area contributed by atoms with Gasteiger partial charge < -0.3 is 9.64 Å². The zero-order valence-electron chi connectivity index (χ0n) is 17.2. The summed E-state index contributed by atoms with van der Waals surface area (Å²) in [5.41, 5.74) is -0.137.